The van der Waals surface area contributed by atoms with Gasteiger partial charge in [-0.2, -0.15) is 0 Å². The zero-order valence-electron chi connectivity index (χ0n) is 6.21. The summed E-state index contributed by atoms with van der Waals surface area (Å²) in [6, 6.07) is 0. The maximum Gasteiger partial charge on any atom is 0.333 e. The minimum atomic E-state index is -0.685. The second-order valence-corrected chi connectivity index (χ2v) is 2.87. The first kappa shape index (κ1) is 6.85. The van der Waals surface area contributed by atoms with Crippen molar-refractivity contribution in [2.75, 3.05) is 6.61 Å². The van der Waals surface area contributed by atoms with Gasteiger partial charge in [0.2, 0.25) is 5.79 Å². The summed E-state index contributed by atoms with van der Waals surface area (Å²) in [6.07, 6.45) is 6.08. The molecule has 0 aromatic rings. The lowest BCUT2D eigenvalue weighted by Crippen LogP contribution is -2.35. The van der Waals surface area contributed by atoms with Gasteiger partial charge in [0.05, 0.1) is 6.61 Å². The molecule has 0 aliphatic carbocycles. The van der Waals surface area contributed by atoms with Crippen molar-refractivity contribution >= 4 is 5.97 Å². The van der Waals surface area contributed by atoms with Gasteiger partial charge in [0.1, 0.15) is 0 Å². The highest BCUT2D eigenvalue weighted by Gasteiger charge is 2.38. The van der Waals surface area contributed by atoms with Crippen LogP contribution < -0.4 is 0 Å². The van der Waals surface area contributed by atoms with Crippen LogP contribution in [0.5, 0.6) is 0 Å². The number of hydrogen-bond acceptors (Lipinski definition) is 3. The lowest BCUT2D eigenvalue weighted by molar-refractivity contribution is -0.210. The van der Waals surface area contributed by atoms with E-state index in [1.807, 2.05) is 0 Å². The number of ether oxygens (including phenoxy) is 2. The average molecular weight is 154 g/mol. The van der Waals surface area contributed by atoms with Gasteiger partial charge in [-0.25, -0.2) is 4.79 Å². The molecule has 0 N–H and O–H groups in total. The van der Waals surface area contributed by atoms with Crippen LogP contribution in [0.1, 0.15) is 19.3 Å². The smallest absolute Gasteiger partial charge is 0.333 e. The Kier molecular flexibility index (Phi) is 1.46. The van der Waals surface area contributed by atoms with E-state index in [0.717, 1.165) is 19.3 Å². The molecule has 0 radical (unpaired) electrons. The SMILES string of the molecule is O=C1C=CC2(CCCCO2)O1. The zero-order chi connectivity index (χ0) is 7.73. The summed E-state index contributed by atoms with van der Waals surface area (Å²) in [5.41, 5.74) is 0. The molecule has 2 heterocycles. The monoisotopic (exact) mass is 154 g/mol. The molecule has 0 aromatic heterocycles. The van der Waals surface area contributed by atoms with Crippen LogP contribution in [-0.2, 0) is 14.3 Å². The van der Waals surface area contributed by atoms with E-state index in [1.165, 1.54) is 6.08 Å². The molecular weight excluding hydrogens is 144 g/mol. The first-order chi connectivity index (χ1) is 5.31. The molecule has 1 saturated heterocycles. The van der Waals surface area contributed by atoms with Gasteiger partial charge in [-0.1, -0.05) is 0 Å². The normalized spacial score (nSPS) is 36.2. The van der Waals surface area contributed by atoms with Gasteiger partial charge in [-0.3, -0.25) is 0 Å². The fourth-order valence-electron chi connectivity index (χ4n) is 1.44. The van der Waals surface area contributed by atoms with Crippen molar-refractivity contribution in [2.24, 2.45) is 0 Å². The summed E-state index contributed by atoms with van der Waals surface area (Å²) in [5.74, 6) is -0.970. The van der Waals surface area contributed by atoms with Gasteiger partial charge in [-0.05, 0) is 18.9 Å². The van der Waals surface area contributed by atoms with Crippen molar-refractivity contribution < 1.29 is 14.3 Å². The van der Waals surface area contributed by atoms with E-state index in [-0.39, 0.29) is 5.97 Å². The van der Waals surface area contributed by atoms with E-state index >= 15 is 0 Å². The second kappa shape index (κ2) is 2.34. The second-order valence-electron chi connectivity index (χ2n) is 2.87. The van der Waals surface area contributed by atoms with E-state index in [4.69, 9.17) is 9.47 Å². The molecule has 1 spiro atoms. The van der Waals surface area contributed by atoms with Crippen LogP contribution in [0.15, 0.2) is 12.2 Å². The molecule has 1 unspecified atom stereocenters. The fourth-order valence-corrected chi connectivity index (χ4v) is 1.44. The molecule has 0 aromatic carbocycles. The Balaban J connectivity index is 2.10. The number of rotatable bonds is 0. The maximum absolute atomic E-state index is 10.7. The number of esters is 1. The van der Waals surface area contributed by atoms with Crippen molar-refractivity contribution in [1.29, 1.82) is 0 Å². The van der Waals surface area contributed by atoms with Crippen LogP contribution in [0.2, 0.25) is 0 Å². The van der Waals surface area contributed by atoms with Crippen LogP contribution in [0.25, 0.3) is 0 Å². The Labute approximate surface area is 65.0 Å². The van der Waals surface area contributed by atoms with Gasteiger partial charge in [0.25, 0.3) is 0 Å². The van der Waals surface area contributed by atoms with Crippen LogP contribution in [0, 0.1) is 0 Å². The average Bonchev–Trinajstić information content (AvgIpc) is 2.34. The van der Waals surface area contributed by atoms with Crippen LogP contribution >= 0.6 is 0 Å². The van der Waals surface area contributed by atoms with Gasteiger partial charge in [0.15, 0.2) is 0 Å². The van der Waals surface area contributed by atoms with E-state index in [0.29, 0.717) is 6.61 Å². The Hall–Kier alpha value is -0.830. The lowest BCUT2D eigenvalue weighted by atomic mass is 10.1. The predicted molar refractivity (Wildman–Crippen MR) is 37.8 cm³/mol. The molecule has 0 bridgehead atoms. The van der Waals surface area contributed by atoms with Gasteiger partial charge < -0.3 is 9.47 Å². The quantitative estimate of drug-likeness (QED) is 0.488. The van der Waals surface area contributed by atoms with E-state index in [9.17, 15) is 4.79 Å². The topological polar surface area (TPSA) is 35.5 Å². The first-order valence-electron chi connectivity index (χ1n) is 3.87. The molecule has 3 nitrogen and oxygen atoms in total. The highest BCUT2D eigenvalue weighted by molar-refractivity contribution is 5.84. The van der Waals surface area contributed by atoms with Crippen molar-refractivity contribution in [3.05, 3.63) is 12.2 Å². The number of carbonyl (C=O) groups excluding carboxylic acids is 1. The van der Waals surface area contributed by atoms with Gasteiger partial charge >= 0.3 is 5.97 Å². The molecule has 60 valence electrons. The van der Waals surface area contributed by atoms with Crippen molar-refractivity contribution in [3.63, 3.8) is 0 Å². The van der Waals surface area contributed by atoms with E-state index in [2.05, 4.69) is 0 Å². The Bertz CT molecular complexity index is 201. The third-order valence-electron chi connectivity index (χ3n) is 2.01. The zero-order valence-corrected chi connectivity index (χ0v) is 6.21. The van der Waals surface area contributed by atoms with Crippen molar-refractivity contribution in [1.82, 2.24) is 0 Å². The number of hydrogen-bond donors (Lipinski definition) is 0. The van der Waals surface area contributed by atoms with E-state index < -0.39 is 5.79 Å². The molecule has 11 heavy (non-hydrogen) atoms. The molecule has 1 fully saturated rings. The molecule has 2 rings (SSSR count). The lowest BCUT2D eigenvalue weighted by Gasteiger charge is -2.30. The summed E-state index contributed by atoms with van der Waals surface area (Å²) < 4.78 is 10.4. The van der Waals surface area contributed by atoms with Crippen molar-refractivity contribution in [2.45, 2.75) is 25.0 Å². The van der Waals surface area contributed by atoms with Gasteiger partial charge in [0, 0.05) is 12.5 Å². The Morgan fingerprint density at radius 1 is 1.45 bits per heavy atom. The van der Waals surface area contributed by atoms with Crippen LogP contribution in [-0.4, -0.2) is 18.4 Å². The summed E-state index contributed by atoms with van der Waals surface area (Å²) in [4.78, 5) is 10.7. The summed E-state index contributed by atoms with van der Waals surface area (Å²) in [7, 11) is 0. The molecule has 3 heteroatoms. The minimum Gasteiger partial charge on any atom is -0.426 e. The summed E-state index contributed by atoms with van der Waals surface area (Å²) >= 11 is 0. The molecule has 2 aliphatic heterocycles. The molecular formula is C8H10O3. The molecule has 2 aliphatic rings. The first-order valence-corrected chi connectivity index (χ1v) is 3.87. The minimum absolute atomic E-state index is 0.285. The Morgan fingerprint density at radius 2 is 2.36 bits per heavy atom. The van der Waals surface area contributed by atoms with Crippen LogP contribution in [0.4, 0.5) is 0 Å². The molecule has 0 saturated carbocycles. The highest BCUT2D eigenvalue weighted by atomic mass is 16.7. The maximum atomic E-state index is 10.7. The Morgan fingerprint density at radius 3 is 2.91 bits per heavy atom. The molecule has 1 atom stereocenters. The van der Waals surface area contributed by atoms with Crippen molar-refractivity contribution in [3.8, 4) is 0 Å². The highest BCUT2D eigenvalue weighted by Crippen LogP contribution is 2.31. The summed E-state index contributed by atoms with van der Waals surface area (Å²) in [6.45, 7) is 0.692. The van der Waals surface area contributed by atoms with Gasteiger partial charge in [-0.15, -0.1) is 0 Å². The summed E-state index contributed by atoms with van der Waals surface area (Å²) in [5, 5.41) is 0. The predicted octanol–water partition coefficient (Wildman–Crippen LogP) is 0.996. The molecule has 0 amide bonds. The number of carbonyl (C=O) groups is 1. The standard InChI is InChI=1S/C8H10O3/c9-7-3-5-8(11-7)4-1-2-6-10-8/h3,5H,1-2,4,6H2. The third kappa shape index (κ3) is 1.16. The van der Waals surface area contributed by atoms with E-state index in [1.54, 1.807) is 6.08 Å². The third-order valence-corrected chi connectivity index (χ3v) is 2.01. The van der Waals surface area contributed by atoms with Crippen LogP contribution in [0.3, 0.4) is 0 Å². The fraction of sp³-hybridized carbons (Fsp3) is 0.625. The largest absolute Gasteiger partial charge is 0.426 e.